The average Bonchev–Trinajstić information content (AvgIpc) is 1.96. The summed E-state index contributed by atoms with van der Waals surface area (Å²) in [5, 5.41) is 0.438. The smallest absolute Gasteiger partial charge is 0.133 e. The van der Waals surface area contributed by atoms with E-state index in [0.717, 1.165) is 18.9 Å². The Morgan fingerprint density at radius 3 is 2.69 bits per heavy atom. The molecule has 2 N–H and O–H groups in total. The minimum Gasteiger partial charge on any atom is -0.399 e. The molecule has 1 saturated heterocycles. The molecular weight excluding hydrogens is 186 g/mol. The van der Waals surface area contributed by atoms with Crippen LogP contribution in [-0.2, 0) is 0 Å². The van der Waals surface area contributed by atoms with Gasteiger partial charge in [0.1, 0.15) is 11.0 Å². The molecule has 0 saturated carbocycles. The molecule has 0 spiro atoms. The van der Waals surface area contributed by atoms with Crippen molar-refractivity contribution in [3.63, 3.8) is 0 Å². The predicted molar refractivity (Wildman–Crippen MR) is 55.0 cm³/mol. The van der Waals surface area contributed by atoms with Gasteiger partial charge in [0.25, 0.3) is 0 Å². The lowest BCUT2D eigenvalue weighted by atomic mass is 10.1. The number of nitrogens with zero attached hydrogens (tertiary/aromatic N) is 2. The highest BCUT2D eigenvalue weighted by atomic mass is 35.5. The van der Waals surface area contributed by atoms with Crippen LogP contribution in [0.1, 0.15) is 0 Å². The first kappa shape index (κ1) is 8.38. The van der Waals surface area contributed by atoms with Gasteiger partial charge in [-0.2, -0.15) is 0 Å². The SMILES string of the molecule is C=C1CN(c2cc(N)cc(Cl)n2)C1. The molecule has 1 aliphatic heterocycles. The number of aromatic nitrogens is 1. The van der Waals surface area contributed by atoms with Crippen LogP contribution in [0.4, 0.5) is 11.5 Å². The molecule has 2 rings (SSSR count). The van der Waals surface area contributed by atoms with Gasteiger partial charge in [-0.25, -0.2) is 4.98 Å². The average molecular weight is 196 g/mol. The highest BCUT2D eigenvalue weighted by Gasteiger charge is 2.19. The van der Waals surface area contributed by atoms with Crippen LogP contribution in [0.25, 0.3) is 0 Å². The van der Waals surface area contributed by atoms with E-state index < -0.39 is 0 Å². The molecule has 1 aromatic heterocycles. The Morgan fingerprint density at radius 1 is 1.46 bits per heavy atom. The lowest BCUT2D eigenvalue weighted by Crippen LogP contribution is -2.40. The first-order valence-electron chi connectivity index (χ1n) is 4.00. The van der Waals surface area contributed by atoms with E-state index in [2.05, 4.69) is 16.5 Å². The minimum atomic E-state index is 0.438. The number of anilines is 2. The van der Waals surface area contributed by atoms with E-state index in [4.69, 9.17) is 17.3 Å². The molecule has 0 radical (unpaired) electrons. The Bertz CT molecular complexity index is 334. The lowest BCUT2D eigenvalue weighted by molar-refractivity contribution is 0.762. The van der Waals surface area contributed by atoms with Crippen molar-refractivity contribution in [3.05, 3.63) is 29.4 Å². The molecule has 0 bridgehead atoms. The second-order valence-electron chi connectivity index (χ2n) is 3.19. The number of nitrogen functional groups attached to an aromatic ring is 1. The van der Waals surface area contributed by atoms with Gasteiger partial charge in [0, 0.05) is 24.8 Å². The van der Waals surface area contributed by atoms with Crippen molar-refractivity contribution < 1.29 is 0 Å². The first-order valence-corrected chi connectivity index (χ1v) is 4.37. The molecule has 13 heavy (non-hydrogen) atoms. The first-order chi connectivity index (χ1) is 6.15. The van der Waals surface area contributed by atoms with Crippen molar-refractivity contribution in [1.29, 1.82) is 0 Å². The van der Waals surface area contributed by atoms with Crippen LogP contribution in [0, 0.1) is 0 Å². The number of pyridine rings is 1. The van der Waals surface area contributed by atoms with Gasteiger partial charge in [-0.15, -0.1) is 0 Å². The van der Waals surface area contributed by atoms with Crippen molar-refractivity contribution >= 4 is 23.1 Å². The van der Waals surface area contributed by atoms with Crippen molar-refractivity contribution in [3.8, 4) is 0 Å². The van der Waals surface area contributed by atoms with Crippen LogP contribution in [0.3, 0.4) is 0 Å². The molecule has 0 unspecified atom stereocenters. The Hall–Kier alpha value is -1.22. The molecule has 0 aromatic carbocycles. The normalized spacial score (nSPS) is 15.8. The number of halogens is 1. The number of hydrogen-bond acceptors (Lipinski definition) is 3. The fourth-order valence-corrected chi connectivity index (χ4v) is 1.53. The maximum absolute atomic E-state index is 5.77. The Morgan fingerprint density at radius 2 is 2.15 bits per heavy atom. The summed E-state index contributed by atoms with van der Waals surface area (Å²) >= 11 is 5.77. The molecule has 4 heteroatoms. The van der Waals surface area contributed by atoms with Crippen LogP contribution in [0.15, 0.2) is 24.3 Å². The topological polar surface area (TPSA) is 42.1 Å². The third-order valence-electron chi connectivity index (χ3n) is 1.96. The summed E-state index contributed by atoms with van der Waals surface area (Å²) in [4.78, 5) is 6.23. The van der Waals surface area contributed by atoms with Gasteiger partial charge in [-0.3, -0.25) is 0 Å². The molecule has 3 nitrogen and oxygen atoms in total. The fourth-order valence-electron chi connectivity index (χ4n) is 1.32. The maximum atomic E-state index is 5.77. The van der Waals surface area contributed by atoms with Gasteiger partial charge in [0.15, 0.2) is 0 Å². The molecule has 0 aliphatic carbocycles. The van der Waals surface area contributed by atoms with Crippen LogP contribution < -0.4 is 10.6 Å². The van der Waals surface area contributed by atoms with Gasteiger partial charge in [0.05, 0.1) is 0 Å². The van der Waals surface area contributed by atoms with E-state index in [0.29, 0.717) is 10.8 Å². The van der Waals surface area contributed by atoms with E-state index in [1.807, 2.05) is 6.07 Å². The third kappa shape index (κ3) is 1.60. The van der Waals surface area contributed by atoms with Gasteiger partial charge in [-0.05, 0) is 11.6 Å². The quantitative estimate of drug-likeness (QED) is 0.548. The van der Waals surface area contributed by atoms with Crippen LogP contribution in [-0.4, -0.2) is 18.1 Å². The molecule has 0 amide bonds. The van der Waals surface area contributed by atoms with Crippen molar-refractivity contribution in [2.24, 2.45) is 0 Å². The van der Waals surface area contributed by atoms with Gasteiger partial charge in [-0.1, -0.05) is 18.2 Å². The highest BCUT2D eigenvalue weighted by molar-refractivity contribution is 6.29. The molecule has 1 aliphatic rings. The zero-order chi connectivity index (χ0) is 9.42. The Kier molecular flexibility index (Phi) is 1.88. The van der Waals surface area contributed by atoms with Gasteiger partial charge < -0.3 is 10.6 Å². The summed E-state index contributed by atoms with van der Waals surface area (Å²) in [5.41, 5.74) is 7.49. The monoisotopic (exact) mass is 195 g/mol. The van der Waals surface area contributed by atoms with Crippen LogP contribution >= 0.6 is 11.6 Å². The second-order valence-corrected chi connectivity index (χ2v) is 3.57. The van der Waals surface area contributed by atoms with Crippen molar-refractivity contribution in [2.45, 2.75) is 0 Å². The molecule has 2 heterocycles. The molecule has 1 fully saturated rings. The van der Waals surface area contributed by atoms with Crippen molar-refractivity contribution in [2.75, 3.05) is 23.7 Å². The second kappa shape index (κ2) is 2.92. The number of nitrogens with two attached hydrogens (primary N) is 1. The Balaban J connectivity index is 2.25. The summed E-state index contributed by atoms with van der Waals surface area (Å²) in [7, 11) is 0. The lowest BCUT2D eigenvalue weighted by Gasteiger charge is -2.34. The fraction of sp³-hybridized carbons (Fsp3) is 0.222. The third-order valence-corrected chi connectivity index (χ3v) is 2.15. The van der Waals surface area contributed by atoms with E-state index in [1.54, 1.807) is 6.07 Å². The molecule has 1 aromatic rings. The highest BCUT2D eigenvalue weighted by Crippen LogP contribution is 2.24. The minimum absolute atomic E-state index is 0.438. The number of rotatable bonds is 1. The summed E-state index contributed by atoms with van der Waals surface area (Å²) in [5.74, 6) is 0.831. The summed E-state index contributed by atoms with van der Waals surface area (Å²) in [6, 6.07) is 3.46. The zero-order valence-corrected chi connectivity index (χ0v) is 7.88. The van der Waals surface area contributed by atoms with E-state index in [1.165, 1.54) is 5.57 Å². The largest absolute Gasteiger partial charge is 0.399 e. The zero-order valence-electron chi connectivity index (χ0n) is 7.13. The van der Waals surface area contributed by atoms with E-state index in [9.17, 15) is 0 Å². The predicted octanol–water partition coefficient (Wildman–Crippen LogP) is 1.69. The van der Waals surface area contributed by atoms with Crippen LogP contribution in [0.5, 0.6) is 0 Å². The van der Waals surface area contributed by atoms with Crippen molar-refractivity contribution in [1.82, 2.24) is 4.98 Å². The van der Waals surface area contributed by atoms with E-state index >= 15 is 0 Å². The molecular formula is C9H10ClN3. The summed E-state index contributed by atoms with van der Waals surface area (Å²) in [6.45, 7) is 5.56. The Labute approximate surface area is 81.8 Å². The van der Waals surface area contributed by atoms with Crippen LogP contribution in [0.2, 0.25) is 5.15 Å². The van der Waals surface area contributed by atoms with Gasteiger partial charge in [0.2, 0.25) is 0 Å². The summed E-state index contributed by atoms with van der Waals surface area (Å²) < 4.78 is 0. The molecule has 0 atom stereocenters. The summed E-state index contributed by atoms with van der Waals surface area (Å²) in [6.07, 6.45) is 0. The van der Waals surface area contributed by atoms with E-state index in [-0.39, 0.29) is 0 Å². The van der Waals surface area contributed by atoms with Gasteiger partial charge >= 0.3 is 0 Å². The maximum Gasteiger partial charge on any atom is 0.133 e. The number of hydrogen-bond donors (Lipinski definition) is 1. The standard InChI is InChI=1S/C9H10ClN3/c1-6-4-13(5-6)9-3-7(11)2-8(10)12-9/h2-3H,1,4-5H2,(H2,11,12). The molecule has 68 valence electrons.